The van der Waals surface area contributed by atoms with Crippen LogP contribution < -0.4 is 0 Å². The van der Waals surface area contributed by atoms with Crippen molar-refractivity contribution in [3.63, 3.8) is 0 Å². The predicted molar refractivity (Wildman–Crippen MR) is 87.2 cm³/mol. The van der Waals surface area contributed by atoms with E-state index < -0.39 is 0 Å². The number of rotatable bonds is 3. The Morgan fingerprint density at radius 3 is 0.950 bits per heavy atom. The van der Waals surface area contributed by atoms with Gasteiger partial charge in [-0.1, -0.05) is 93.7 Å². The Kier molecular flexibility index (Phi) is 3.20. The summed E-state index contributed by atoms with van der Waals surface area (Å²) in [7, 11) is 0. The fourth-order valence-corrected chi connectivity index (χ4v) is 4.42. The van der Waals surface area contributed by atoms with Crippen molar-refractivity contribution in [2.24, 2.45) is 28.6 Å². The van der Waals surface area contributed by atoms with Crippen molar-refractivity contribution in [1.82, 2.24) is 0 Å². The molecule has 0 spiro atoms. The molecule has 0 aromatic heterocycles. The molecule has 0 nitrogen and oxygen atoms in total. The first-order valence-corrected chi connectivity index (χ1v) is 7.62. The van der Waals surface area contributed by atoms with Crippen molar-refractivity contribution in [3.05, 3.63) is 72.9 Å². The molecular weight excluding hydrogens is 240 g/mol. The summed E-state index contributed by atoms with van der Waals surface area (Å²) in [5, 5.41) is 0. The first-order valence-electron chi connectivity index (χ1n) is 7.62. The van der Waals surface area contributed by atoms with Crippen LogP contribution >= 0.6 is 0 Å². The van der Waals surface area contributed by atoms with Crippen LogP contribution in [0.3, 0.4) is 0 Å². The Morgan fingerprint density at radius 2 is 0.750 bits per heavy atom. The van der Waals surface area contributed by atoms with Gasteiger partial charge in [0.1, 0.15) is 0 Å². The highest BCUT2D eigenvalue weighted by atomic mass is 14.6. The summed E-state index contributed by atoms with van der Waals surface area (Å²) in [5.74, 6) is 1.45. The van der Waals surface area contributed by atoms with Gasteiger partial charge in [0.15, 0.2) is 0 Å². The van der Waals surface area contributed by atoms with E-state index in [1.807, 2.05) is 0 Å². The van der Waals surface area contributed by atoms with Gasteiger partial charge < -0.3 is 0 Å². The average molecular weight is 264 g/mol. The third-order valence-electron chi connectivity index (χ3n) is 5.20. The molecule has 20 heavy (non-hydrogen) atoms. The van der Waals surface area contributed by atoms with Crippen LogP contribution in [-0.2, 0) is 0 Å². The van der Waals surface area contributed by atoms with E-state index >= 15 is 0 Å². The average Bonchev–Trinajstić information content (AvgIpc) is 3.13. The molecule has 0 bridgehead atoms. The van der Waals surface area contributed by atoms with Gasteiger partial charge in [-0.05, 0) is 5.41 Å². The first kappa shape index (κ1) is 13.4. The van der Waals surface area contributed by atoms with Crippen molar-refractivity contribution in [3.8, 4) is 0 Å². The van der Waals surface area contributed by atoms with E-state index in [1.54, 1.807) is 0 Å². The molecule has 0 N–H and O–H groups in total. The van der Waals surface area contributed by atoms with E-state index in [9.17, 15) is 0 Å². The van der Waals surface area contributed by atoms with Gasteiger partial charge in [-0.3, -0.25) is 0 Å². The SMILES string of the molecule is CC(C)(C)C(C1C=CC=C1)(C1C=CC=C1)C1C=CC=C1. The normalized spacial score (nSPS) is 22.9. The molecular formula is C20H24. The van der Waals surface area contributed by atoms with Crippen LogP contribution in [0.15, 0.2) is 72.9 Å². The van der Waals surface area contributed by atoms with Gasteiger partial charge in [0.25, 0.3) is 0 Å². The lowest BCUT2D eigenvalue weighted by atomic mass is 9.49. The summed E-state index contributed by atoms with van der Waals surface area (Å²) in [5.41, 5.74) is 0.355. The lowest BCUT2D eigenvalue weighted by molar-refractivity contribution is 0.000552. The van der Waals surface area contributed by atoms with Crippen LogP contribution in [0.1, 0.15) is 20.8 Å². The lowest BCUT2D eigenvalue weighted by Gasteiger charge is -2.54. The molecule has 104 valence electrons. The van der Waals surface area contributed by atoms with Crippen molar-refractivity contribution >= 4 is 0 Å². The van der Waals surface area contributed by atoms with Gasteiger partial charge in [-0.2, -0.15) is 0 Å². The Labute approximate surface area is 123 Å². The molecule has 0 aromatic rings. The van der Waals surface area contributed by atoms with Crippen molar-refractivity contribution < 1.29 is 0 Å². The summed E-state index contributed by atoms with van der Waals surface area (Å²) in [6, 6.07) is 0. The highest BCUT2D eigenvalue weighted by molar-refractivity contribution is 5.35. The monoisotopic (exact) mass is 264 g/mol. The molecule has 3 rings (SSSR count). The number of allylic oxidation sites excluding steroid dienone is 12. The van der Waals surface area contributed by atoms with E-state index in [2.05, 4.69) is 93.7 Å². The quantitative estimate of drug-likeness (QED) is 0.653. The Bertz CT molecular complexity index is 438. The van der Waals surface area contributed by atoms with Crippen molar-refractivity contribution in [2.75, 3.05) is 0 Å². The highest BCUT2D eigenvalue weighted by Crippen LogP contribution is 2.60. The molecule has 0 atom stereocenters. The first-order chi connectivity index (χ1) is 9.57. The standard InChI is InChI=1S/C20H24/c1-19(2,3)20(16-10-4-5-11-16,17-12-6-7-13-17)18-14-8-9-15-18/h4-18H,1-3H3. The Balaban J connectivity index is 2.17. The summed E-state index contributed by atoms with van der Waals surface area (Å²) in [6.07, 6.45) is 27.5. The summed E-state index contributed by atoms with van der Waals surface area (Å²) < 4.78 is 0. The summed E-state index contributed by atoms with van der Waals surface area (Å²) in [4.78, 5) is 0. The second-order valence-electron chi connectivity index (χ2n) is 7.07. The fraction of sp³-hybridized carbons (Fsp3) is 0.400. The van der Waals surface area contributed by atoms with Gasteiger partial charge in [0.2, 0.25) is 0 Å². The number of hydrogen-bond acceptors (Lipinski definition) is 0. The largest absolute Gasteiger partial charge is 0.0770 e. The molecule has 0 heteroatoms. The van der Waals surface area contributed by atoms with E-state index in [-0.39, 0.29) is 10.8 Å². The van der Waals surface area contributed by atoms with Crippen LogP contribution in [-0.4, -0.2) is 0 Å². The van der Waals surface area contributed by atoms with E-state index in [4.69, 9.17) is 0 Å². The van der Waals surface area contributed by atoms with Gasteiger partial charge in [0, 0.05) is 23.2 Å². The van der Waals surface area contributed by atoms with Gasteiger partial charge >= 0.3 is 0 Å². The topological polar surface area (TPSA) is 0 Å². The van der Waals surface area contributed by atoms with Crippen LogP contribution in [0.25, 0.3) is 0 Å². The minimum Gasteiger partial charge on any atom is -0.0770 e. The van der Waals surface area contributed by atoms with Crippen molar-refractivity contribution in [1.29, 1.82) is 0 Å². The molecule has 0 amide bonds. The molecule has 0 saturated carbocycles. The summed E-state index contributed by atoms with van der Waals surface area (Å²) >= 11 is 0. The molecule has 0 fully saturated rings. The van der Waals surface area contributed by atoms with Gasteiger partial charge in [0.05, 0.1) is 0 Å². The maximum atomic E-state index is 2.40. The third kappa shape index (κ3) is 1.82. The van der Waals surface area contributed by atoms with Gasteiger partial charge in [-0.25, -0.2) is 0 Å². The lowest BCUT2D eigenvalue weighted by Crippen LogP contribution is -2.50. The maximum absolute atomic E-state index is 2.40. The highest BCUT2D eigenvalue weighted by Gasteiger charge is 2.54. The van der Waals surface area contributed by atoms with Crippen LogP contribution in [0, 0.1) is 28.6 Å². The zero-order chi connectivity index (χ0) is 14.2. The van der Waals surface area contributed by atoms with E-state index in [1.165, 1.54) is 0 Å². The Morgan fingerprint density at radius 1 is 0.500 bits per heavy atom. The maximum Gasteiger partial charge on any atom is 0.00440 e. The minimum absolute atomic E-state index is 0.156. The van der Waals surface area contributed by atoms with Crippen LogP contribution in [0.5, 0.6) is 0 Å². The molecule has 0 heterocycles. The van der Waals surface area contributed by atoms with E-state index in [0.29, 0.717) is 17.8 Å². The summed E-state index contributed by atoms with van der Waals surface area (Å²) in [6.45, 7) is 7.19. The fourth-order valence-electron chi connectivity index (χ4n) is 4.42. The minimum atomic E-state index is 0.156. The molecule has 0 saturated heterocycles. The predicted octanol–water partition coefficient (Wildman–Crippen LogP) is 5.25. The second-order valence-corrected chi connectivity index (χ2v) is 7.07. The molecule has 3 aliphatic carbocycles. The smallest absolute Gasteiger partial charge is 0.00440 e. The molecule has 0 radical (unpaired) electrons. The number of hydrogen-bond donors (Lipinski definition) is 0. The second kappa shape index (κ2) is 4.77. The molecule has 0 unspecified atom stereocenters. The van der Waals surface area contributed by atoms with Crippen LogP contribution in [0.2, 0.25) is 0 Å². The van der Waals surface area contributed by atoms with Crippen LogP contribution in [0.4, 0.5) is 0 Å². The Hall–Kier alpha value is -1.56. The zero-order valence-corrected chi connectivity index (χ0v) is 12.7. The molecule has 0 aliphatic heterocycles. The zero-order valence-electron chi connectivity index (χ0n) is 12.7. The third-order valence-corrected chi connectivity index (χ3v) is 5.20. The molecule has 3 aliphatic rings. The van der Waals surface area contributed by atoms with E-state index in [0.717, 1.165) is 0 Å². The van der Waals surface area contributed by atoms with Gasteiger partial charge in [-0.15, -0.1) is 0 Å². The van der Waals surface area contributed by atoms with Crippen molar-refractivity contribution in [2.45, 2.75) is 20.8 Å². The molecule has 0 aromatic carbocycles.